The van der Waals surface area contributed by atoms with Gasteiger partial charge < -0.3 is 4.74 Å². The van der Waals surface area contributed by atoms with E-state index in [9.17, 15) is 0 Å². The molecular formula is C16H21NO. The monoisotopic (exact) mass is 243 g/mol. The molecule has 3 rings (SSSR count). The van der Waals surface area contributed by atoms with E-state index in [4.69, 9.17) is 4.74 Å². The lowest BCUT2D eigenvalue weighted by Gasteiger charge is -2.45. The lowest BCUT2D eigenvalue weighted by atomic mass is 9.80. The standard InChI is InChI=1S/C16H21NO/c1-13-11-16(18-12-13)9-6-10-17(2)15(16)14-7-4-3-5-8-14/h3-5,7-8,11,15H,6,9-10,12H2,1-2H3. The molecule has 1 spiro atoms. The van der Waals surface area contributed by atoms with Gasteiger partial charge in [0.1, 0.15) is 5.60 Å². The Kier molecular flexibility index (Phi) is 3.00. The summed E-state index contributed by atoms with van der Waals surface area (Å²) in [5.41, 5.74) is 2.63. The van der Waals surface area contributed by atoms with Crippen LogP contribution in [0.5, 0.6) is 0 Å². The van der Waals surface area contributed by atoms with Crippen molar-refractivity contribution in [2.75, 3.05) is 20.2 Å². The molecule has 2 atom stereocenters. The van der Waals surface area contributed by atoms with Crippen LogP contribution in [0.15, 0.2) is 42.0 Å². The fraction of sp³-hybridized carbons (Fsp3) is 0.500. The van der Waals surface area contributed by atoms with Gasteiger partial charge in [-0.25, -0.2) is 0 Å². The van der Waals surface area contributed by atoms with Crippen LogP contribution in [-0.2, 0) is 4.74 Å². The summed E-state index contributed by atoms with van der Waals surface area (Å²) in [6.07, 6.45) is 4.71. The summed E-state index contributed by atoms with van der Waals surface area (Å²) in [5.74, 6) is 0. The largest absolute Gasteiger partial charge is 0.365 e. The number of likely N-dealkylation sites (tertiary alicyclic amines) is 1. The van der Waals surface area contributed by atoms with Gasteiger partial charge in [0.25, 0.3) is 0 Å². The minimum absolute atomic E-state index is 0.0988. The first kappa shape index (κ1) is 11.9. The van der Waals surface area contributed by atoms with E-state index in [2.05, 4.69) is 55.3 Å². The van der Waals surface area contributed by atoms with Gasteiger partial charge in [-0.1, -0.05) is 30.3 Å². The summed E-state index contributed by atoms with van der Waals surface area (Å²) in [4.78, 5) is 2.44. The predicted octanol–water partition coefficient (Wildman–Crippen LogP) is 3.17. The van der Waals surface area contributed by atoms with E-state index in [-0.39, 0.29) is 5.60 Å². The van der Waals surface area contributed by atoms with Gasteiger partial charge in [-0.2, -0.15) is 0 Å². The molecule has 0 amide bonds. The van der Waals surface area contributed by atoms with E-state index < -0.39 is 0 Å². The third-order valence-electron chi connectivity index (χ3n) is 4.16. The van der Waals surface area contributed by atoms with Crippen LogP contribution in [0, 0.1) is 0 Å². The quantitative estimate of drug-likeness (QED) is 0.702. The van der Waals surface area contributed by atoms with Crippen LogP contribution in [0.2, 0.25) is 0 Å². The number of rotatable bonds is 1. The van der Waals surface area contributed by atoms with Crippen LogP contribution in [0.25, 0.3) is 0 Å². The first-order valence-electron chi connectivity index (χ1n) is 6.79. The van der Waals surface area contributed by atoms with Crippen LogP contribution in [0.1, 0.15) is 31.4 Å². The highest BCUT2D eigenvalue weighted by Gasteiger charge is 2.45. The van der Waals surface area contributed by atoms with E-state index in [1.165, 1.54) is 17.6 Å². The molecule has 0 radical (unpaired) electrons. The van der Waals surface area contributed by atoms with Gasteiger partial charge in [-0.3, -0.25) is 4.90 Å². The fourth-order valence-electron chi connectivity index (χ4n) is 3.47. The molecule has 1 saturated heterocycles. The average Bonchev–Trinajstić information content (AvgIpc) is 2.72. The molecule has 2 nitrogen and oxygen atoms in total. The summed E-state index contributed by atoms with van der Waals surface area (Å²) in [5, 5.41) is 0. The molecule has 1 fully saturated rings. The molecule has 0 N–H and O–H groups in total. The van der Waals surface area contributed by atoms with Crippen LogP contribution >= 0.6 is 0 Å². The number of nitrogens with zero attached hydrogens (tertiary/aromatic N) is 1. The van der Waals surface area contributed by atoms with Crippen molar-refractivity contribution in [1.29, 1.82) is 0 Å². The summed E-state index contributed by atoms with van der Waals surface area (Å²) < 4.78 is 6.20. The third kappa shape index (κ3) is 1.90. The summed E-state index contributed by atoms with van der Waals surface area (Å²) in [6, 6.07) is 11.1. The van der Waals surface area contributed by atoms with Gasteiger partial charge in [0.05, 0.1) is 12.6 Å². The zero-order chi connectivity index (χ0) is 12.6. The Labute approximate surface area is 109 Å². The summed E-state index contributed by atoms with van der Waals surface area (Å²) >= 11 is 0. The van der Waals surface area contributed by atoms with Gasteiger partial charge >= 0.3 is 0 Å². The SMILES string of the molecule is CC1=CC2(CCCN(C)C2c2ccccc2)OC1. The van der Waals surface area contributed by atoms with Crippen LogP contribution in [-0.4, -0.2) is 30.7 Å². The highest BCUT2D eigenvalue weighted by Crippen LogP contribution is 2.45. The summed E-state index contributed by atoms with van der Waals surface area (Å²) in [7, 11) is 2.21. The molecule has 96 valence electrons. The Morgan fingerprint density at radius 2 is 2.06 bits per heavy atom. The number of likely N-dealkylation sites (N-methyl/N-ethyl adjacent to an activating group) is 1. The van der Waals surface area contributed by atoms with E-state index in [0.717, 1.165) is 19.6 Å². The van der Waals surface area contributed by atoms with Crippen molar-refractivity contribution < 1.29 is 4.74 Å². The van der Waals surface area contributed by atoms with Gasteiger partial charge in [-0.05, 0) is 50.6 Å². The maximum atomic E-state index is 6.20. The first-order chi connectivity index (χ1) is 8.71. The van der Waals surface area contributed by atoms with Crippen molar-refractivity contribution in [3.63, 3.8) is 0 Å². The molecule has 0 bridgehead atoms. The Morgan fingerprint density at radius 1 is 1.28 bits per heavy atom. The number of benzene rings is 1. The highest BCUT2D eigenvalue weighted by atomic mass is 16.5. The lowest BCUT2D eigenvalue weighted by Crippen LogP contribution is -2.48. The predicted molar refractivity (Wildman–Crippen MR) is 73.5 cm³/mol. The molecule has 0 aromatic heterocycles. The number of hydrogen-bond donors (Lipinski definition) is 0. The number of ether oxygens (including phenoxy) is 1. The molecule has 2 unspecified atom stereocenters. The lowest BCUT2D eigenvalue weighted by molar-refractivity contribution is -0.0708. The third-order valence-corrected chi connectivity index (χ3v) is 4.16. The van der Waals surface area contributed by atoms with E-state index in [0.29, 0.717) is 6.04 Å². The maximum Gasteiger partial charge on any atom is 0.107 e. The van der Waals surface area contributed by atoms with Crippen molar-refractivity contribution in [1.82, 2.24) is 4.90 Å². The number of piperidine rings is 1. The van der Waals surface area contributed by atoms with Crippen molar-refractivity contribution in [3.8, 4) is 0 Å². The van der Waals surface area contributed by atoms with Gasteiger partial charge in [0.2, 0.25) is 0 Å². The minimum atomic E-state index is -0.0988. The Balaban J connectivity index is 2.02. The van der Waals surface area contributed by atoms with Crippen molar-refractivity contribution in [2.45, 2.75) is 31.4 Å². The second kappa shape index (κ2) is 4.52. The molecule has 2 aliphatic rings. The highest BCUT2D eigenvalue weighted by molar-refractivity contribution is 5.30. The molecular weight excluding hydrogens is 222 g/mol. The van der Waals surface area contributed by atoms with Gasteiger partial charge in [-0.15, -0.1) is 0 Å². The van der Waals surface area contributed by atoms with E-state index in [1.54, 1.807) is 0 Å². The minimum Gasteiger partial charge on any atom is -0.365 e. The second-order valence-electron chi connectivity index (χ2n) is 5.63. The molecule has 18 heavy (non-hydrogen) atoms. The molecule has 1 aromatic rings. The molecule has 2 heterocycles. The van der Waals surface area contributed by atoms with Gasteiger partial charge in [0.15, 0.2) is 0 Å². The Bertz CT molecular complexity index is 453. The molecule has 0 saturated carbocycles. The Morgan fingerprint density at radius 3 is 2.72 bits per heavy atom. The normalized spacial score (nSPS) is 32.8. The van der Waals surface area contributed by atoms with Crippen LogP contribution in [0.3, 0.4) is 0 Å². The first-order valence-corrected chi connectivity index (χ1v) is 6.79. The van der Waals surface area contributed by atoms with Crippen molar-refractivity contribution >= 4 is 0 Å². The fourth-order valence-corrected chi connectivity index (χ4v) is 3.47. The van der Waals surface area contributed by atoms with Crippen molar-refractivity contribution in [3.05, 3.63) is 47.5 Å². The smallest absolute Gasteiger partial charge is 0.107 e. The van der Waals surface area contributed by atoms with Gasteiger partial charge in [0, 0.05) is 0 Å². The zero-order valence-corrected chi connectivity index (χ0v) is 11.2. The van der Waals surface area contributed by atoms with Crippen LogP contribution < -0.4 is 0 Å². The second-order valence-corrected chi connectivity index (χ2v) is 5.63. The maximum absolute atomic E-state index is 6.20. The van der Waals surface area contributed by atoms with E-state index in [1.807, 2.05) is 0 Å². The molecule has 0 aliphatic carbocycles. The number of hydrogen-bond acceptors (Lipinski definition) is 2. The Hall–Kier alpha value is -1.12. The molecule has 2 aliphatic heterocycles. The molecule has 2 heteroatoms. The zero-order valence-electron chi connectivity index (χ0n) is 11.2. The van der Waals surface area contributed by atoms with Crippen LogP contribution in [0.4, 0.5) is 0 Å². The average molecular weight is 243 g/mol. The topological polar surface area (TPSA) is 12.5 Å². The van der Waals surface area contributed by atoms with Crippen molar-refractivity contribution in [2.24, 2.45) is 0 Å². The summed E-state index contributed by atoms with van der Waals surface area (Å²) in [6.45, 7) is 4.11. The van der Waals surface area contributed by atoms with E-state index >= 15 is 0 Å². The molecule has 1 aromatic carbocycles.